The molecule has 0 heterocycles. The standard InChI is InChI=1S/C11H20O3/c1-3-4-9(2)14-8-11(5-6-11)7-10(12)13/h9H,3-8H2,1-2H3,(H,12,13). The Hall–Kier alpha value is -0.570. The third-order valence-electron chi connectivity index (χ3n) is 2.85. The van der Waals surface area contributed by atoms with Crippen LogP contribution in [0.25, 0.3) is 0 Å². The van der Waals surface area contributed by atoms with Gasteiger partial charge in [-0.3, -0.25) is 4.79 Å². The van der Waals surface area contributed by atoms with Crippen LogP contribution in [-0.2, 0) is 9.53 Å². The van der Waals surface area contributed by atoms with Gasteiger partial charge < -0.3 is 9.84 Å². The van der Waals surface area contributed by atoms with E-state index in [1.807, 2.05) is 0 Å². The fourth-order valence-electron chi connectivity index (χ4n) is 1.68. The molecule has 0 radical (unpaired) electrons. The zero-order valence-electron chi connectivity index (χ0n) is 9.08. The minimum absolute atomic E-state index is 0.0200. The molecule has 0 saturated heterocycles. The van der Waals surface area contributed by atoms with Crippen molar-refractivity contribution in [2.24, 2.45) is 5.41 Å². The van der Waals surface area contributed by atoms with E-state index in [1.165, 1.54) is 0 Å². The van der Waals surface area contributed by atoms with Gasteiger partial charge in [0.25, 0.3) is 0 Å². The molecule has 82 valence electrons. The van der Waals surface area contributed by atoms with Crippen molar-refractivity contribution in [1.29, 1.82) is 0 Å². The molecular weight excluding hydrogens is 180 g/mol. The third kappa shape index (κ3) is 3.66. The van der Waals surface area contributed by atoms with Gasteiger partial charge in [0.1, 0.15) is 0 Å². The number of rotatable bonds is 7. The van der Waals surface area contributed by atoms with Crippen molar-refractivity contribution in [3.63, 3.8) is 0 Å². The number of hydrogen-bond acceptors (Lipinski definition) is 2. The Morgan fingerprint density at radius 1 is 1.57 bits per heavy atom. The van der Waals surface area contributed by atoms with Crippen molar-refractivity contribution in [2.75, 3.05) is 6.61 Å². The van der Waals surface area contributed by atoms with Gasteiger partial charge in [-0.1, -0.05) is 13.3 Å². The van der Waals surface area contributed by atoms with E-state index in [2.05, 4.69) is 13.8 Å². The summed E-state index contributed by atoms with van der Waals surface area (Å²) in [6.45, 7) is 4.81. The molecule has 0 aromatic carbocycles. The van der Waals surface area contributed by atoms with Crippen LogP contribution in [0.15, 0.2) is 0 Å². The highest BCUT2D eigenvalue weighted by Crippen LogP contribution is 2.49. The summed E-state index contributed by atoms with van der Waals surface area (Å²) in [6.07, 6.45) is 4.74. The summed E-state index contributed by atoms with van der Waals surface area (Å²) >= 11 is 0. The monoisotopic (exact) mass is 200 g/mol. The Bertz CT molecular complexity index is 197. The average molecular weight is 200 g/mol. The highest BCUT2D eigenvalue weighted by Gasteiger charge is 2.44. The van der Waals surface area contributed by atoms with Crippen LogP contribution in [0, 0.1) is 5.41 Å². The summed E-state index contributed by atoms with van der Waals surface area (Å²) < 4.78 is 5.65. The number of carboxylic acids is 1. The number of hydrogen-bond donors (Lipinski definition) is 1. The zero-order chi connectivity index (χ0) is 10.6. The van der Waals surface area contributed by atoms with Crippen LogP contribution in [0.3, 0.4) is 0 Å². The number of aliphatic carboxylic acids is 1. The lowest BCUT2D eigenvalue weighted by molar-refractivity contribution is -0.139. The molecule has 1 unspecified atom stereocenters. The molecule has 0 aromatic heterocycles. The molecule has 1 rings (SSSR count). The van der Waals surface area contributed by atoms with Gasteiger partial charge >= 0.3 is 5.97 Å². The normalized spacial score (nSPS) is 20.4. The van der Waals surface area contributed by atoms with Crippen LogP contribution in [-0.4, -0.2) is 23.8 Å². The quantitative estimate of drug-likeness (QED) is 0.686. The Labute approximate surface area is 85.5 Å². The minimum Gasteiger partial charge on any atom is -0.481 e. The van der Waals surface area contributed by atoms with Crippen molar-refractivity contribution in [3.05, 3.63) is 0 Å². The molecule has 3 nitrogen and oxygen atoms in total. The first-order valence-corrected chi connectivity index (χ1v) is 5.41. The first kappa shape index (κ1) is 11.5. The molecule has 1 aliphatic carbocycles. The smallest absolute Gasteiger partial charge is 0.303 e. The van der Waals surface area contributed by atoms with Crippen LogP contribution in [0.4, 0.5) is 0 Å². The van der Waals surface area contributed by atoms with E-state index < -0.39 is 5.97 Å². The zero-order valence-corrected chi connectivity index (χ0v) is 9.08. The van der Waals surface area contributed by atoms with Gasteiger partial charge in [-0.2, -0.15) is 0 Å². The van der Waals surface area contributed by atoms with Gasteiger partial charge in [-0.05, 0) is 26.2 Å². The molecule has 0 spiro atoms. The predicted molar refractivity (Wildman–Crippen MR) is 54.2 cm³/mol. The topological polar surface area (TPSA) is 46.5 Å². The molecule has 1 saturated carbocycles. The van der Waals surface area contributed by atoms with Gasteiger partial charge in [0, 0.05) is 5.41 Å². The summed E-state index contributed by atoms with van der Waals surface area (Å²) in [4.78, 5) is 10.6. The van der Waals surface area contributed by atoms with Crippen molar-refractivity contribution in [2.45, 2.75) is 52.1 Å². The van der Waals surface area contributed by atoms with Crippen molar-refractivity contribution >= 4 is 5.97 Å². The summed E-state index contributed by atoms with van der Waals surface area (Å²) in [6, 6.07) is 0. The summed E-state index contributed by atoms with van der Waals surface area (Å²) in [5.41, 5.74) is -0.0200. The van der Waals surface area contributed by atoms with Crippen molar-refractivity contribution in [3.8, 4) is 0 Å². The SMILES string of the molecule is CCCC(C)OCC1(CC(=O)O)CC1. The van der Waals surface area contributed by atoms with E-state index in [-0.39, 0.29) is 17.9 Å². The van der Waals surface area contributed by atoms with E-state index in [4.69, 9.17) is 9.84 Å². The maximum Gasteiger partial charge on any atom is 0.303 e. The van der Waals surface area contributed by atoms with Crippen molar-refractivity contribution in [1.82, 2.24) is 0 Å². The lowest BCUT2D eigenvalue weighted by atomic mass is 10.0. The van der Waals surface area contributed by atoms with E-state index in [0.717, 1.165) is 25.7 Å². The fraction of sp³-hybridized carbons (Fsp3) is 0.909. The summed E-state index contributed by atoms with van der Waals surface area (Å²) in [7, 11) is 0. The molecule has 14 heavy (non-hydrogen) atoms. The molecule has 1 N–H and O–H groups in total. The Morgan fingerprint density at radius 2 is 2.21 bits per heavy atom. The maximum absolute atomic E-state index is 10.6. The third-order valence-corrected chi connectivity index (χ3v) is 2.85. The molecule has 1 atom stereocenters. The predicted octanol–water partition coefficient (Wildman–Crippen LogP) is 2.45. The highest BCUT2D eigenvalue weighted by atomic mass is 16.5. The van der Waals surface area contributed by atoms with Gasteiger partial charge in [0.2, 0.25) is 0 Å². The Balaban J connectivity index is 2.20. The number of ether oxygens (including phenoxy) is 1. The van der Waals surface area contributed by atoms with Crippen molar-refractivity contribution < 1.29 is 14.6 Å². The highest BCUT2D eigenvalue weighted by molar-refractivity contribution is 5.68. The van der Waals surface area contributed by atoms with Crippen LogP contribution in [0.5, 0.6) is 0 Å². The van der Waals surface area contributed by atoms with E-state index in [9.17, 15) is 4.79 Å². The maximum atomic E-state index is 10.6. The number of carbonyl (C=O) groups is 1. The lowest BCUT2D eigenvalue weighted by Gasteiger charge is -2.17. The fourth-order valence-corrected chi connectivity index (χ4v) is 1.68. The lowest BCUT2D eigenvalue weighted by Crippen LogP contribution is -2.19. The van der Waals surface area contributed by atoms with Gasteiger partial charge in [0.05, 0.1) is 19.1 Å². The van der Waals surface area contributed by atoms with Gasteiger partial charge in [0.15, 0.2) is 0 Å². The molecule has 0 amide bonds. The Kier molecular flexibility index (Phi) is 3.93. The van der Waals surface area contributed by atoms with E-state index in [1.54, 1.807) is 0 Å². The Morgan fingerprint density at radius 3 is 2.64 bits per heavy atom. The first-order chi connectivity index (χ1) is 6.58. The molecule has 3 heteroatoms. The first-order valence-electron chi connectivity index (χ1n) is 5.41. The van der Waals surface area contributed by atoms with Gasteiger partial charge in [-0.25, -0.2) is 0 Å². The molecule has 0 aliphatic heterocycles. The van der Waals surface area contributed by atoms with Crippen LogP contribution in [0.2, 0.25) is 0 Å². The average Bonchev–Trinajstić information content (AvgIpc) is 2.82. The second-order valence-corrected chi connectivity index (χ2v) is 4.48. The van der Waals surface area contributed by atoms with E-state index in [0.29, 0.717) is 6.61 Å². The number of carboxylic acid groups (broad SMARTS) is 1. The summed E-state index contributed by atoms with van der Waals surface area (Å²) in [5, 5.41) is 8.70. The second kappa shape index (κ2) is 4.78. The molecular formula is C11H20O3. The molecule has 1 fully saturated rings. The van der Waals surface area contributed by atoms with Gasteiger partial charge in [-0.15, -0.1) is 0 Å². The van der Waals surface area contributed by atoms with E-state index >= 15 is 0 Å². The molecule has 0 bridgehead atoms. The van der Waals surface area contributed by atoms with Crippen LogP contribution < -0.4 is 0 Å². The summed E-state index contributed by atoms with van der Waals surface area (Å²) in [5.74, 6) is -0.700. The largest absolute Gasteiger partial charge is 0.481 e. The van der Waals surface area contributed by atoms with Crippen LogP contribution >= 0.6 is 0 Å². The molecule has 0 aromatic rings. The second-order valence-electron chi connectivity index (χ2n) is 4.48. The van der Waals surface area contributed by atoms with Crippen LogP contribution in [0.1, 0.15) is 46.0 Å². The minimum atomic E-state index is -0.700. The molecule has 1 aliphatic rings.